The number of ether oxygens (including phenoxy) is 2. The van der Waals surface area contributed by atoms with Gasteiger partial charge < -0.3 is 18.3 Å². The van der Waals surface area contributed by atoms with Crippen molar-refractivity contribution in [3.05, 3.63) is 59.7 Å². The van der Waals surface area contributed by atoms with Crippen molar-refractivity contribution in [2.24, 2.45) is 0 Å². The number of hydrogen-bond acceptors (Lipinski definition) is 4. The van der Waals surface area contributed by atoms with E-state index in [1.165, 1.54) is 62.8 Å². The average Bonchev–Trinajstić information content (AvgIpc) is 2.74. The molecule has 2 aromatic rings. The van der Waals surface area contributed by atoms with Gasteiger partial charge in [-0.15, -0.1) is 0 Å². The lowest BCUT2D eigenvalue weighted by Crippen LogP contribution is -2.88. The lowest BCUT2D eigenvalue weighted by atomic mass is 9.53. The molecule has 10 heteroatoms. The summed E-state index contributed by atoms with van der Waals surface area (Å²) in [4.78, 5) is 0. The van der Waals surface area contributed by atoms with Gasteiger partial charge in [0, 0.05) is 0 Å². The van der Waals surface area contributed by atoms with Gasteiger partial charge in [-0.05, 0) is 74.7 Å². The van der Waals surface area contributed by atoms with Gasteiger partial charge in [0.25, 0.3) is 0 Å². The molecule has 3 rings (SSSR count). The first kappa shape index (κ1) is 26.7. The van der Waals surface area contributed by atoms with Crippen molar-refractivity contribution in [2.75, 3.05) is 14.2 Å². The third-order valence-corrected chi connectivity index (χ3v) is 7.52. The standard InChI is InChI=1S/C24H32F4O4Si2/c1-29-19-13-9-17(10-14-19)21(31-33(3,4)5)22(32-34(6,7)8,24(27,28)23(21,25)26)18-11-15-20(30-2)16-12-18/h9-16H,1-8H3/t21-,22+. The molecule has 0 amide bonds. The van der Waals surface area contributed by atoms with Crippen molar-refractivity contribution in [1.82, 2.24) is 0 Å². The molecule has 0 aromatic heterocycles. The smallest absolute Gasteiger partial charge is 0.348 e. The molecule has 0 N–H and O–H groups in total. The van der Waals surface area contributed by atoms with Crippen LogP contribution in [-0.4, -0.2) is 42.7 Å². The van der Waals surface area contributed by atoms with E-state index in [-0.39, 0.29) is 11.1 Å². The molecule has 0 unspecified atom stereocenters. The lowest BCUT2D eigenvalue weighted by Gasteiger charge is -2.68. The highest BCUT2D eigenvalue weighted by Gasteiger charge is 2.97. The van der Waals surface area contributed by atoms with Crippen molar-refractivity contribution < 1.29 is 35.9 Å². The number of methoxy groups -OCH3 is 2. The van der Waals surface area contributed by atoms with Crippen molar-refractivity contribution in [1.29, 1.82) is 0 Å². The first-order valence-electron chi connectivity index (χ1n) is 10.9. The molecule has 2 aromatic carbocycles. The summed E-state index contributed by atoms with van der Waals surface area (Å²) in [6, 6.07) is 11.3. The zero-order valence-electron chi connectivity index (χ0n) is 20.8. The summed E-state index contributed by atoms with van der Waals surface area (Å²) in [7, 11) is -2.86. The van der Waals surface area contributed by atoms with Crippen LogP contribution in [0.4, 0.5) is 17.6 Å². The number of halogens is 4. The Morgan fingerprint density at radius 3 is 1.00 bits per heavy atom. The van der Waals surface area contributed by atoms with E-state index in [9.17, 15) is 0 Å². The Kier molecular flexibility index (Phi) is 6.56. The van der Waals surface area contributed by atoms with E-state index < -0.39 is 39.7 Å². The van der Waals surface area contributed by atoms with Gasteiger partial charge in [0.05, 0.1) is 14.2 Å². The predicted octanol–water partition coefficient (Wildman–Crippen LogP) is 6.78. The van der Waals surface area contributed by atoms with Crippen LogP contribution >= 0.6 is 0 Å². The van der Waals surface area contributed by atoms with Crippen LogP contribution in [0.5, 0.6) is 11.5 Å². The summed E-state index contributed by atoms with van der Waals surface area (Å²) in [5.74, 6) is -8.31. The van der Waals surface area contributed by atoms with Crippen LogP contribution in [0.15, 0.2) is 48.5 Å². The fourth-order valence-corrected chi connectivity index (χ4v) is 7.17. The van der Waals surface area contributed by atoms with Gasteiger partial charge in [0.2, 0.25) is 0 Å². The molecule has 1 fully saturated rings. The summed E-state index contributed by atoms with van der Waals surface area (Å²) in [6.45, 7) is 10.2. The van der Waals surface area contributed by atoms with E-state index >= 15 is 17.6 Å². The van der Waals surface area contributed by atoms with Gasteiger partial charge in [-0.3, -0.25) is 0 Å². The predicted molar refractivity (Wildman–Crippen MR) is 128 cm³/mol. The van der Waals surface area contributed by atoms with Crippen LogP contribution in [0, 0.1) is 0 Å². The second-order valence-corrected chi connectivity index (χ2v) is 19.3. The van der Waals surface area contributed by atoms with Gasteiger partial charge in [-0.1, -0.05) is 24.3 Å². The Morgan fingerprint density at radius 2 is 0.794 bits per heavy atom. The highest BCUT2D eigenvalue weighted by atomic mass is 28.4. The second-order valence-electron chi connectivity index (χ2n) is 10.4. The molecule has 0 heterocycles. The summed E-state index contributed by atoms with van der Waals surface area (Å²) in [6.07, 6.45) is 0. The lowest BCUT2D eigenvalue weighted by molar-refractivity contribution is -0.478. The third kappa shape index (κ3) is 3.79. The van der Waals surface area contributed by atoms with E-state index in [1.54, 1.807) is 39.3 Å². The normalized spacial score (nSPS) is 26.0. The molecule has 2 atom stereocenters. The topological polar surface area (TPSA) is 36.9 Å². The molecule has 0 spiro atoms. The maximum absolute atomic E-state index is 16.0. The van der Waals surface area contributed by atoms with E-state index in [4.69, 9.17) is 18.3 Å². The molecular weight excluding hydrogens is 484 g/mol. The molecule has 1 saturated carbocycles. The highest BCUT2D eigenvalue weighted by Crippen LogP contribution is 2.76. The summed E-state index contributed by atoms with van der Waals surface area (Å²) < 4.78 is 86.5. The van der Waals surface area contributed by atoms with Gasteiger partial charge >= 0.3 is 11.8 Å². The Bertz CT molecular complexity index is 934. The van der Waals surface area contributed by atoms with E-state index in [0.717, 1.165) is 0 Å². The quantitative estimate of drug-likeness (QED) is 0.286. The number of rotatable bonds is 8. The monoisotopic (exact) mass is 516 g/mol. The van der Waals surface area contributed by atoms with Crippen LogP contribution in [-0.2, 0) is 20.1 Å². The maximum Gasteiger partial charge on any atom is 0.348 e. The van der Waals surface area contributed by atoms with Gasteiger partial charge in [-0.25, -0.2) is 0 Å². The van der Waals surface area contributed by atoms with Gasteiger partial charge in [0.1, 0.15) is 11.5 Å². The number of benzene rings is 2. The fraction of sp³-hybridized carbons (Fsp3) is 0.500. The van der Waals surface area contributed by atoms with Crippen LogP contribution in [0.1, 0.15) is 11.1 Å². The zero-order chi connectivity index (χ0) is 25.8. The van der Waals surface area contributed by atoms with Crippen molar-refractivity contribution in [2.45, 2.75) is 62.3 Å². The van der Waals surface area contributed by atoms with Crippen molar-refractivity contribution in [3.63, 3.8) is 0 Å². The highest BCUT2D eigenvalue weighted by molar-refractivity contribution is 6.70. The van der Waals surface area contributed by atoms with Gasteiger partial charge in [0.15, 0.2) is 27.8 Å². The minimum Gasteiger partial charge on any atom is -0.497 e. The van der Waals surface area contributed by atoms with Crippen molar-refractivity contribution in [3.8, 4) is 11.5 Å². The molecule has 0 bridgehead atoms. The summed E-state index contributed by atoms with van der Waals surface area (Å²) >= 11 is 0. The Morgan fingerprint density at radius 1 is 0.529 bits per heavy atom. The minimum atomic E-state index is -4.56. The SMILES string of the molecule is COc1ccc([C@@]2(O[Si](C)(C)C)C(F)(F)C(F)(F)[C@@]2(O[Si](C)(C)C)c2ccc(OC)cc2)cc1. The molecule has 1 aliphatic carbocycles. The average molecular weight is 517 g/mol. The van der Waals surface area contributed by atoms with Gasteiger partial charge in [-0.2, -0.15) is 17.6 Å². The van der Waals surface area contributed by atoms with E-state index in [2.05, 4.69) is 0 Å². The molecule has 0 saturated heterocycles. The summed E-state index contributed by atoms with van der Waals surface area (Å²) in [5, 5.41) is 0. The Hall–Kier alpha value is -1.89. The minimum absolute atomic E-state index is 0.0966. The summed E-state index contributed by atoms with van der Waals surface area (Å²) in [5.41, 5.74) is -5.73. The van der Waals surface area contributed by atoms with E-state index in [1.807, 2.05) is 0 Å². The second kappa shape index (κ2) is 8.35. The fourth-order valence-electron chi connectivity index (χ4n) is 4.55. The first-order chi connectivity index (χ1) is 15.5. The zero-order valence-corrected chi connectivity index (χ0v) is 22.8. The van der Waals surface area contributed by atoms with Crippen LogP contribution in [0.25, 0.3) is 0 Å². The largest absolute Gasteiger partial charge is 0.497 e. The van der Waals surface area contributed by atoms with Crippen molar-refractivity contribution >= 4 is 16.6 Å². The van der Waals surface area contributed by atoms with Crippen LogP contribution in [0.2, 0.25) is 39.3 Å². The Balaban J connectivity index is 2.46. The third-order valence-electron chi connectivity index (χ3n) is 5.69. The molecule has 0 aliphatic heterocycles. The Labute approximate surface area is 200 Å². The number of alkyl halides is 4. The molecule has 34 heavy (non-hydrogen) atoms. The van der Waals surface area contributed by atoms with E-state index in [0.29, 0.717) is 11.5 Å². The van der Waals surface area contributed by atoms with Crippen LogP contribution < -0.4 is 9.47 Å². The molecule has 1 aliphatic rings. The number of hydrogen-bond donors (Lipinski definition) is 0. The molecule has 0 radical (unpaired) electrons. The molecule has 188 valence electrons. The van der Waals surface area contributed by atoms with Crippen LogP contribution in [0.3, 0.4) is 0 Å². The molecule has 4 nitrogen and oxygen atoms in total. The first-order valence-corrected chi connectivity index (χ1v) is 17.8. The molecular formula is C24H32F4O4Si2. The maximum atomic E-state index is 16.0.